The fraction of sp³-hybridized carbons (Fsp3) is 0.676. The third-order valence-electron chi connectivity index (χ3n) is 14.9. The maximum Gasteiger partial charge on any atom is 0.190 e. The van der Waals surface area contributed by atoms with Gasteiger partial charge in [0.25, 0.3) is 0 Å². The van der Waals surface area contributed by atoms with Crippen molar-refractivity contribution < 1.29 is 34.3 Å². The molecule has 13 atom stereocenters. The summed E-state index contributed by atoms with van der Waals surface area (Å²) in [6.07, 6.45) is 1.31. The molecule has 1 aromatic carbocycles. The fourth-order valence-corrected chi connectivity index (χ4v) is 12.7. The zero-order chi connectivity index (χ0) is 32.3. The van der Waals surface area contributed by atoms with Crippen LogP contribution in [0.5, 0.6) is 0 Å². The summed E-state index contributed by atoms with van der Waals surface area (Å²) in [6.45, 7) is 18.8. The summed E-state index contributed by atoms with van der Waals surface area (Å²) in [5.74, 6) is -1.84. The van der Waals surface area contributed by atoms with Gasteiger partial charge in [0.15, 0.2) is 12.1 Å². The molecule has 4 aliphatic heterocycles. The number of epoxide rings is 1. The smallest absolute Gasteiger partial charge is 0.190 e. The Kier molecular flexibility index (Phi) is 5.18. The fourth-order valence-electron chi connectivity index (χ4n) is 12.4. The van der Waals surface area contributed by atoms with Gasteiger partial charge in [-0.15, -0.1) is 0 Å². The van der Waals surface area contributed by atoms with Crippen LogP contribution < -0.4 is 0 Å². The quantitative estimate of drug-likeness (QED) is 0.235. The molecule has 9 heteroatoms. The second-order valence-electron chi connectivity index (χ2n) is 17.0. The highest BCUT2D eigenvalue weighted by Gasteiger charge is 2.82. The lowest BCUT2D eigenvalue weighted by Gasteiger charge is -2.67. The monoisotopic (exact) mass is 649 g/mol. The number of aliphatic hydroxyl groups is 3. The first-order chi connectivity index (χ1) is 21.5. The number of hydrogen-bond acceptors (Lipinski definition) is 7. The normalized spacial score (nSPS) is 51.9. The van der Waals surface area contributed by atoms with Gasteiger partial charge in [0.05, 0.1) is 17.1 Å². The van der Waals surface area contributed by atoms with Gasteiger partial charge < -0.3 is 39.3 Å². The minimum atomic E-state index is -1.55. The zero-order valence-electron chi connectivity index (χ0n) is 27.2. The highest BCUT2D eigenvalue weighted by atomic mass is 35.5. The molecular weight excluding hydrogens is 606 g/mol. The first-order valence-corrected chi connectivity index (χ1v) is 17.4. The Morgan fingerprint density at radius 2 is 1.83 bits per heavy atom. The number of nitrogens with one attached hydrogen (secondary N) is 1. The summed E-state index contributed by atoms with van der Waals surface area (Å²) >= 11 is 7.06. The molecule has 5 fully saturated rings. The van der Waals surface area contributed by atoms with Crippen molar-refractivity contribution in [2.75, 3.05) is 0 Å². The maximum absolute atomic E-state index is 12.9. The highest BCUT2D eigenvalue weighted by molar-refractivity contribution is 6.32. The van der Waals surface area contributed by atoms with E-state index >= 15 is 0 Å². The van der Waals surface area contributed by atoms with Crippen LogP contribution in [0.2, 0.25) is 5.02 Å². The van der Waals surface area contributed by atoms with Gasteiger partial charge in [0.2, 0.25) is 0 Å². The van der Waals surface area contributed by atoms with Crippen molar-refractivity contribution in [1.29, 1.82) is 0 Å². The lowest BCUT2D eigenvalue weighted by molar-refractivity contribution is -0.392. The Balaban J connectivity index is 1.21. The number of rotatable bonds is 1. The van der Waals surface area contributed by atoms with E-state index in [0.29, 0.717) is 24.3 Å². The molecule has 2 saturated heterocycles. The van der Waals surface area contributed by atoms with Crippen molar-refractivity contribution >= 4 is 22.5 Å². The summed E-state index contributed by atoms with van der Waals surface area (Å²) in [7, 11) is 0. The molecule has 8 nitrogen and oxygen atoms in total. The number of ether oxygens (including phenoxy) is 4. The van der Waals surface area contributed by atoms with Crippen LogP contribution in [0.4, 0.5) is 0 Å². The van der Waals surface area contributed by atoms with E-state index < -0.39 is 51.9 Å². The van der Waals surface area contributed by atoms with Gasteiger partial charge in [0, 0.05) is 45.4 Å². The SMILES string of the molecule is C=C(C)[C@H]1O[C@@H]2CC[C@@]3(C)[C@@H](CC[C@]4(O)O[C@@H]5OC(C)(C)[C@H]6C[C@@H]7C(=C)Cc8c(Cl)cc9[nH]c(c5c9c8[C@@]76O)[C@]34C)[C@]23O[C@@H]3[C@H]1O. The summed E-state index contributed by atoms with van der Waals surface area (Å²) in [6, 6.07) is 1.96. The van der Waals surface area contributed by atoms with E-state index in [9.17, 15) is 15.3 Å². The molecule has 4 aliphatic carbocycles. The van der Waals surface area contributed by atoms with Crippen molar-refractivity contribution in [3.63, 3.8) is 0 Å². The molecule has 4 N–H and O–H groups in total. The Hall–Kier alpha value is -1.75. The zero-order valence-corrected chi connectivity index (χ0v) is 28.0. The van der Waals surface area contributed by atoms with Gasteiger partial charge in [-0.25, -0.2) is 0 Å². The predicted octanol–water partition coefficient (Wildman–Crippen LogP) is 5.59. The van der Waals surface area contributed by atoms with Gasteiger partial charge in [-0.05, 0) is 93.9 Å². The van der Waals surface area contributed by atoms with Crippen LogP contribution in [-0.2, 0) is 36.4 Å². The lowest BCUT2D eigenvalue weighted by Crippen LogP contribution is -2.73. The van der Waals surface area contributed by atoms with Gasteiger partial charge in [0.1, 0.15) is 29.5 Å². The van der Waals surface area contributed by atoms with Crippen LogP contribution in [-0.4, -0.2) is 61.7 Å². The topological polar surface area (TPSA) is 117 Å². The van der Waals surface area contributed by atoms with Gasteiger partial charge in [-0.1, -0.05) is 37.3 Å². The molecule has 46 heavy (non-hydrogen) atoms. The summed E-state index contributed by atoms with van der Waals surface area (Å²) < 4.78 is 27.0. The average Bonchev–Trinajstić information content (AvgIpc) is 3.59. The minimum absolute atomic E-state index is 0.00942. The summed E-state index contributed by atoms with van der Waals surface area (Å²) in [4.78, 5) is 3.79. The summed E-state index contributed by atoms with van der Waals surface area (Å²) in [5.41, 5.74) is 2.14. The van der Waals surface area contributed by atoms with Gasteiger partial charge in [-0.2, -0.15) is 0 Å². The number of halogens is 1. The molecule has 3 saturated carbocycles. The Labute approximate surface area is 274 Å². The standard InChI is InChI=1S/C37H44ClNO7/c1-15(2)28-27(40)30-37(44-30)21-8-11-35(41)34(7,33(21,6)10-9-23(37)43-28)29-25-24-20(39-29)14-19(38)17-12-16(3)18-13-22(36(18,42)26(17)24)32(4,5)45-31(25)46-35/h14,18,21-23,27-28,30-31,39-42H,1,3,8-13H2,2,4-7H3/t18-,21-,22-,23-,27+,28-,30-,31+,33+,34-,35+,36-,37+/m1/s1. The Morgan fingerprint density at radius 1 is 1.07 bits per heavy atom. The molecule has 0 radical (unpaired) electrons. The lowest BCUT2D eigenvalue weighted by atomic mass is 9.42. The molecule has 0 amide bonds. The molecule has 10 rings (SSSR count). The van der Waals surface area contributed by atoms with E-state index in [0.717, 1.165) is 63.7 Å². The van der Waals surface area contributed by atoms with Crippen LogP contribution in [0.1, 0.15) is 95.4 Å². The number of aromatic amines is 1. The third kappa shape index (κ3) is 2.83. The molecule has 1 aromatic heterocycles. The molecule has 0 unspecified atom stereocenters. The van der Waals surface area contributed by atoms with Crippen molar-refractivity contribution in [3.05, 3.63) is 57.8 Å². The molecule has 1 spiro atoms. The van der Waals surface area contributed by atoms with E-state index in [-0.39, 0.29) is 30.0 Å². The minimum Gasteiger partial charge on any atom is -0.387 e. The first-order valence-electron chi connectivity index (χ1n) is 17.1. The van der Waals surface area contributed by atoms with Crippen molar-refractivity contribution in [2.24, 2.45) is 23.2 Å². The van der Waals surface area contributed by atoms with E-state index in [1.54, 1.807) is 0 Å². The number of hydrogen-bond donors (Lipinski definition) is 4. The number of aliphatic hydroxyl groups excluding tert-OH is 1. The second kappa shape index (κ2) is 8.16. The van der Waals surface area contributed by atoms with Gasteiger partial charge in [-0.3, -0.25) is 0 Å². The highest BCUT2D eigenvalue weighted by Crippen LogP contribution is 2.75. The van der Waals surface area contributed by atoms with Crippen LogP contribution in [0.3, 0.4) is 0 Å². The number of fused-ring (bicyclic) bond motifs is 4. The van der Waals surface area contributed by atoms with Crippen LogP contribution in [0, 0.1) is 23.2 Å². The molecule has 8 aliphatic rings. The predicted molar refractivity (Wildman–Crippen MR) is 170 cm³/mol. The molecule has 2 aromatic rings. The Bertz CT molecular complexity index is 1820. The van der Waals surface area contributed by atoms with Gasteiger partial charge >= 0.3 is 0 Å². The number of aromatic nitrogens is 1. The van der Waals surface area contributed by atoms with Crippen molar-refractivity contribution in [3.8, 4) is 0 Å². The van der Waals surface area contributed by atoms with Crippen molar-refractivity contribution in [1.82, 2.24) is 4.98 Å². The van der Waals surface area contributed by atoms with Crippen LogP contribution in [0.15, 0.2) is 30.4 Å². The van der Waals surface area contributed by atoms with Crippen molar-refractivity contribution in [2.45, 2.75) is 132 Å². The number of H-pyrrole nitrogens is 1. The average molecular weight is 650 g/mol. The van der Waals surface area contributed by atoms with E-state index in [2.05, 4.69) is 32.0 Å². The summed E-state index contributed by atoms with van der Waals surface area (Å²) in [5, 5.41) is 38.5. The Morgan fingerprint density at radius 3 is 2.57 bits per heavy atom. The van der Waals surface area contributed by atoms with E-state index in [1.165, 1.54) is 0 Å². The molecule has 5 heterocycles. The van der Waals surface area contributed by atoms with E-state index in [1.807, 2.05) is 26.8 Å². The van der Waals surface area contributed by atoms with E-state index in [4.69, 9.17) is 30.5 Å². The van der Waals surface area contributed by atoms with Crippen LogP contribution >= 0.6 is 11.6 Å². The largest absolute Gasteiger partial charge is 0.387 e. The second-order valence-corrected chi connectivity index (χ2v) is 17.4. The van der Waals surface area contributed by atoms with Crippen LogP contribution in [0.25, 0.3) is 10.9 Å². The molecular formula is C37H44ClNO7. The molecule has 246 valence electrons. The maximum atomic E-state index is 12.9. The first kappa shape index (κ1) is 29.2. The molecule has 0 bridgehead atoms. The third-order valence-corrected chi connectivity index (χ3v) is 15.2. The number of benzene rings is 1.